The number of rotatable bonds is 16. The number of ether oxygens (including phenoxy) is 1. The molecule has 2 nitrogen and oxygen atoms in total. The van der Waals surface area contributed by atoms with Crippen LogP contribution in [0.2, 0.25) is 0 Å². The zero-order valence-corrected chi connectivity index (χ0v) is 15.6. The van der Waals surface area contributed by atoms with Gasteiger partial charge in [-0.15, -0.1) is 0 Å². The quantitative estimate of drug-likeness (QED) is 0.264. The molecule has 0 aliphatic carbocycles. The molecule has 2 atom stereocenters. The predicted molar refractivity (Wildman–Crippen MR) is 97.5 cm³/mol. The minimum atomic E-state index is 0.629. The van der Waals surface area contributed by atoms with Gasteiger partial charge in [0.1, 0.15) is 0 Å². The predicted octanol–water partition coefficient (Wildman–Crippen LogP) is 5.80. The maximum Gasteiger partial charge on any atom is 0.0841 e. The summed E-state index contributed by atoms with van der Waals surface area (Å²) < 4.78 is 5.81. The molecule has 0 saturated carbocycles. The number of nitrogens with zero attached hydrogens (tertiary/aromatic N) is 1. The SMILES string of the molecule is CCCCCCCC[C@H]1O[C@@H]1CCCCCCCCN(C)C. The lowest BCUT2D eigenvalue weighted by Crippen LogP contribution is -2.12. The van der Waals surface area contributed by atoms with Gasteiger partial charge in [-0.2, -0.15) is 0 Å². The van der Waals surface area contributed by atoms with Crippen LogP contribution in [-0.4, -0.2) is 37.7 Å². The fourth-order valence-corrected chi connectivity index (χ4v) is 3.29. The van der Waals surface area contributed by atoms with E-state index in [1.807, 2.05) is 0 Å². The molecule has 0 amide bonds. The first-order valence-corrected chi connectivity index (χ1v) is 10.0. The largest absolute Gasteiger partial charge is 0.370 e. The second-order valence-corrected chi connectivity index (χ2v) is 7.48. The summed E-state index contributed by atoms with van der Waals surface area (Å²) in [6, 6.07) is 0. The molecular formula is C20H41NO. The Morgan fingerprint density at radius 1 is 0.636 bits per heavy atom. The molecular weight excluding hydrogens is 270 g/mol. The van der Waals surface area contributed by atoms with Crippen LogP contribution in [0.3, 0.4) is 0 Å². The molecule has 0 spiro atoms. The highest BCUT2D eigenvalue weighted by Crippen LogP contribution is 2.31. The van der Waals surface area contributed by atoms with Crippen LogP contribution in [-0.2, 0) is 4.74 Å². The lowest BCUT2D eigenvalue weighted by atomic mass is 10.0. The Bertz CT molecular complexity index is 242. The molecule has 2 heteroatoms. The van der Waals surface area contributed by atoms with Crippen LogP contribution in [0, 0.1) is 0 Å². The molecule has 0 aromatic carbocycles. The molecule has 1 aliphatic rings. The second kappa shape index (κ2) is 13.4. The fourth-order valence-electron chi connectivity index (χ4n) is 3.29. The van der Waals surface area contributed by atoms with Crippen molar-refractivity contribution >= 4 is 0 Å². The average molecular weight is 312 g/mol. The van der Waals surface area contributed by atoms with Crippen LogP contribution < -0.4 is 0 Å². The van der Waals surface area contributed by atoms with E-state index in [9.17, 15) is 0 Å². The molecule has 0 aromatic rings. The van der Waals surface area contributed by atoms with E-state index in [0.717, 1.165) is 0 Å². The first-order chi connectivity index (χ1) is 10.7. The number of hydrogen-bond donors (Lipinski definition) is 0. The normalized spacial score (nSPS) is 20.7. The molecule has 1 rings (SSSR count). The van der Waals surface area contributed by atoms with E-state index in [2.05, 4.69) is 25.9 Å². The van der Waals surface area contributed by atoms with Gasteiger partial charge < -0.3 is 9.64 Å². The summed E-state index contributed by atoms with van der Waals surface area (Å²) in [7, 11) is 4.33. The maximum atomic E-state index is 5.81. The molecule has 1 aliphatic heterocycles. The summed E-state index contributed by atoms with van der Waals surface area (Å²) >= 11 is 0. The van der Waals surface area contributed by atoms with Crippen molar-refractivity contribution in [3.63, 3.8) is 0 Å². The number of epoxide rings is 1. The Balaban J connectivity index is 1.75. The Kier molecular flexibility index (Phi) is 12.1. The second-order valence-electron chi connectivity index (χ2n) is 7.48. The zero-order valence-electron chi connectivity index (χ0n) is 15.6. The van der Waals surface area contributed by atoms with Crippen LogP contribution in [0.4, 0.5) is 0 Å². The summed E-state index contributed by atoms with van der Waals surface area (Å²) in [4.78, 5) is 2.29. The van der Waals surface area contributed by atoms with Gasteiger partial charge in [0.25, 0.3) is 0 Å². The lowest BCUT2D eigenvalue weighted by Gasteiger charge is -2.08. The van der Waals surface area contributed by atoms with E-state index < -0.39 is 0 Å². The Morgan fingerprint density at radius 3 is 1.59 bits per heavy atom. The first kappa shape index (κ1) is 20.0. The summed E-state index contributed by atoms with van der Waals surface area (Å²) in [6.45, 7) is 3.53. The minimum Gasteiger partial charge on any atom is -0.370 e. The smallest absolute Gasteiger partial charge is 0.0841 e. The number of hydrogen-bond acceptors (Lipinski definition) is 2. The highest BCUT2D eigenvalue weighted by molar-refractivity contribution is 4.84. The van der Waals surface area contributed by atoms with Gasteiger partial charge >= 0.3 is 0 Å². The van der Waals surface area contributed by atoms with Gasteiger partial charge in [0.05, 0.1) is 12.2 Å². The van der Waals surface area contributed by atoms with E-state index in [1.54, 1.807) is 0 Å². The molecule has 1 heterocycles. The molecule has 0 bridgehead atoms. The molecule has 22 heavy (non-hydrogen) atoms. The van der Waals surface area contributed by atoms with Crippen molar-refractivity contribution in [2.24, 2.45) is 0 Å². The van der Waals surface area contributed by atoms with Crippen LogP contribution >= 0.6 is 0 Å². The summed E-state index contributed by atoms with van der Waals surface area (Å²) in [6.07, 6.45) is 20.7. The van der Waals surface area contributed by atoms with Gasteiger partial charge in [0.15, 0.2) is 0 Å². The molecule has 0 N–H and O–H groups in total. The van der Waals surface area contributed by atoms with Crippen molar-refractivity contribution in [2.45, 2.75) is 109 Å². The maximum absolute atomic E-state index is 5.81. The Hall–Kier alpha value is -0.0800. The Labute approximate surface area is 140 Å². The molecule has 1 fully saturated rings. The molecule has 1 saturated heterocycles. The number of unbranched alkanes of at least 4 members (excludes halogenated alkanes) is 10. The third kappa shape index (κ3) is 11.5. The van der Waals surface area contributed by atoms with Crippen LogP contribution in [0.5, 0.6) is 0 Å². The van der Waals surface area contributed by atoms with E-state index >= 15 is 0 Å². The highest BCUT2D eigenvalue weighted by Gasteiger charge is 2.36. The van der Waals surface area contributed by atoms with Crippen LogP contribution in [0.15, 0.2) is 0 Å². The van der Waals surface area contributed by atoms with E-state index in [-0.39, 0.29) is 0 Å². The van der Waals surface area contributed by atoms with Crippen molar-refractivity contribution in [1.29, 1.82) is 0 Å². The van der Waals surface area contributed by atoms with Gasteiger partial charge in [-0.1, -0.05) is 77.6 Å². The lowest BCUT2D eigenvalue weighted by molar-refractivity contribution is 0.347. The standard InChI is InChI=1S/C20H41NO/c1-4-5-6-7-10-13-16-19-20(22-19)17-14-11-8-9-12-15-18-21(2)3/h19-20H,4-18H2,1-3H3/t19-,20-/m1/s1. The molecule has 132 valence electrons. The summed E-state index contributed by atoms with van der Waals surface area (Å²) in [5.41, 5.74) is 0. The van der Waals surface area contributed by atoms with Gasteiger partial charge in [0, 0.05) is 0 Å². The third-order valence-electron chi connectivity index (χ3n) is 4.87. The monoisotopic (exact) mass is 311 g/mol. The topological polar surface area (TPSA) is 15.8 Å². The minimum absolute atomic E-state index is 0.629. The fraction of sp³-hybridized carbons (Fsp3) is 1.00. The first-order valence-electron chi connectivity index (χ1n) is 10.0. The van der Waals surface area contributed by atoms with Crippen molar-refractivity contribution in [3.8, 4) is 0 Å². The van der Waals surface area contributed by atoms with Gasteiger partial charge in [-0.3, -0.25) is 0 Å². The highest BCUT2D eigenvalue weighted by atomic mass is 16.6. The molecule has 0 radical (unpaired) electrons. The van der Waals surface area contributed by atoms with Gasteiger partial charge in [-0.25, -0.2) is 0 Å². The van der Waals surface area contributed by atoms with E-state index in [1.165, 1.54) is 96.4 Å². The van der Waals surface area contributed by atoms with Crippen LogP contribution in [0.1, 0.15) is 96.8 Å². The van der Waals surface area contributed by atoms with Crippen molar-refractivity contribution < 1.29 is 4.74 Å². The van der Waals surface area contributed by atoms with Crippen molar-refractivity contribution in [1.82, 2.24) is 4.90 Å². The molecule has 0 aromatic heterocycles. The molecule has 0 unspecified atom stereocenters. The van der Waals surface area contributed by atoms with Crippen LogP contribution in [0.25, 0.3) is 0 Å². The van der Waals surface area contributed by atoms with E-state index in [4.69, 9.17) is 4.74 Å². The average Bonchev–Trinajstić information content (AvgIpc) is 3.23. The zero-order chi connectivity index (χ0) is 16.0. The third-order valence-corrected chi connectivity index (χ3v) is 4.87. The van der Waals surface area contributed by atoms with Crippen molar-refractivity contribution in [3.05, 3.63) is 0 Å². The van der Waals surface area contributed by atoms with Crippen molar-refractivity contribution in [2.75, 3.05) is 20.6 Å². The summed E-state index contributed by atoms with van der Waals surface area (Å²) in [5, 5.41) is 0. The Morgan fingerprint density at radius 2 is 1.09 bits per heavy atom. The van der Waals surface area contributed by atoms with Gasteiger partial charge in [0.2, 0.25) is 0 Å². The van der Waals surface area contributed by atoms with E-state index in [0.29, 0.717) is 12.2 Å². The summed E-state index contributed by atoms with van der Waals surface area (Å²) in [5.74, 6) is 0. The van der Waals surface area contributed by atoms with Gasteiger partial charge in [-0.05, 0) is 39.9 Å².